The first kappa shape index (κ1) is 18.9. The Hall–Kier alpha value is -2.40. The summed E-state index contributed by atoms with van der Waals surface area (Å²) in [6, 6.07) is 18.9. The molecule has 2 heterocycles. The van der Waals surface area contributed by atoms with Crippen LogP contribution in [-0.4, -0.2) is 34.0 Å². The van der Waals surface area contributed by atoms with Gasteiger partial charge in [0.05, 0.1) is 0 Å². The zero-order chi connectivity index (χ0) is 19.5. The maximum Gasteiger partial charge on any atom is 0.251 e. The van der Waals surface area contributed by atoms with Crippen LogP contribution in [-0.2, 0) is 0 Å². The molecule has 0 aliphatic carbocycles. The van der Waals surface area contributed by atoms with E-state index in [-0.39, 0.29) is 11.9 Å². The number of carbonyl (C=O) groups excluding carboxylic acids is 1. The van der Waals surface area contributed by atoms with Crippen LogP contribution in [0.3, 0.4) is 0 Å². The molecule has 0 spiro atoms. The zero-order valence-corrected chi connectivity index (χ0v) is 17.0. The summed E-state index contributed by atoms with van der Waals surface area (Å²) in [6.45, 7) is 1.99. The Labute approximate surface area is 172 Å². The van der Waals surface area contributed by atoms with E-state index in [0.29, 0.717) is 12.1 Å². The van der Waals surface area contributed by atoms with Crippen molar-refractivity contribution < 1.29 is 4.79 Å². The maximum atomic E-state index is 12.7. The molecule has 2 aromatic carbocycles. The molecule has 4 nitrogen and oxygen atoms in total. The Morgan fingerprint density at radius 3 is 2.32 bits per heavy atom. The van der Waals surface area contributed by atoms with Gasteiger partial charge in [0.2, 0.25) is 0 Å². The van der Waals surface area contributed by atoms with Gasteiger partial charge in [-0.05, 0) is 75.0 Å². The molecule has 2 bridgehead atoms. The molecule has 2 aromatic rings. The average Bonchev–Trinajstić information content (AvgIpc) is 2.68. The van der Waals surface area contributed by atoms with Gasteiger partial charge in [-0.3, -0.25) is 4.79 Å². The number of fused-ring (bicyclic) bond motifs is 2. The summed E-state index contributed by atoms with van der Waals surface area (Å²) < 4.78 is 0. The third-order valence-corrected chi connectivity index (χ3v) is 6.27. The van der Waals surface area contributed by atoms with Crippen LogP contribution >= 0.6 is 12.2 Å². The number of carbonyl (C=O) groups is 1. The van der Waals surface area contributed by atoms with Gasteiger partial charge in [-0.25, -0.2) is 0 Å². The lowest BCUT2D eigenvalue weighted by Gasteiger charge is -2.50. The van der Waals surface area contributed by atoms with E-state index in [9.17, 15) is 4.79 Å². The first-order valence-electron chi connectivity index (χ1n) is 10.1. The van der Waals surface area contributed by atoms with Crippen molar-refractivity contribution in [2.45, 2.75) is 57.2 Å². The second-order valence-corrected chi connectivity index (χ2v) is 8.29. The topological polar surface area (TPSA) is 44.4 Å². The highest BCUT2D eigenvalue weighted by Gasteiger charge is 2.40. The molecule has 2 atom stereocenters. The molecule has 2 N–H and O–H groups in total. The highest BCUT2D eigenvalue weighted by atomic mass is 32.1. The maximum absolute atomic E-state index is 12.7. The molecule has 0 aromatic heterocycles. The number of nitrogens with zero attached hydrogens (tertiary/aromatic N) is 1. The molecule has 1 amide bonds. The summed E-state index contributed by atoms with van der Waals surface area (Å²) >= 11 is 5.76. The number of anilines is 1. The second kappa shape index (κ2) is 8.31. The van der Waals surface area contributed by atoms with Crippen LogP contribution in [0.4, 0.5) is 5.69 Å². The summed E-state index contributed by atoms with van der Waals surface area (Å²) in [6.07, 6.45) is 5.39. The summed E-state index contributed by atoms with van der Waals surface area (Å²) in [5.74, 6) is 0.0413. The van der Waals surface area contributed by atoms with Crippen LogP contribution in [0.5, 0.6) is 0 Å². The minimum atomic E-state index is 0.0413. The van der Waals surface area contributed by atoms with Crippen molar-refractivity contribution >= 4 is 28.9 Å². The molecule has 0 radical (unpaired) electrons. The molecule has 0 saturated carbocycles. The monoisotopic (exact) mass is 393 g/mol. The van der Waals surface area contributed by atoms with Gasteiger partial charge in [0, 0.05) is 29.4 Å². The normalized spacial score (nSPS) is 23.8. The molecule has 2 fully saturated rings. The second-order valence-electron chi connectivity index (χ2n) is 7.90. The van der Waals surface area contributed by atoms with Crippen molar-refractivity contribution in [3.8, 4) is 0 Å². The van der Waals surface area contributed by atoms with E-state index in [1.165, 1.54) is 6.42 Å². The highest BCUT2D eigenvalue weighted by molar-refractivity contribution is 7.80. The van der Waals surface area contributed by atoms with E-state index in [0.717, 1.165) is 47.6 Å². The van der Waals surface area contributed by atoms with Gasteiger partial charge in [-0.15, -0.1) is 0 Å². The van der Waals surface area contributed by atoms with Crippen LogP contribution < -0.4 is 10.6 Å². The number of hydrogen-bond acceptors (Lipinski definition) is 2. The zero-order valence-electron chi connectivity index (χ0n) is 16.2. The first-order chi connectivity index (χ1) is 13.6. The number of para-hydroxylation sites is 1. The predicted molar refractivity (Wildman–Crippen MR) is 118 cm³/mol. The van der Waals surface area contributed by atoms with Gasteiger partial charge in [0.15, 0.2) is 5.11 Å². The summed E-state index contributed by atoms with van der Waals surface area (Å²) in [7, 11) is 0. The fraction of sp³-hybridized carbons (Fsp3) is 0.391. The number of amides is 1. The van der Waals surface area contributed by atoms with Gasteiger partial charge in [0.25, 0.3) is 5.91 Å². The molecule has 2 aliphatic heterocycles. The molecular formula is C23H27N3OS. The summed E-state index contributed by atoms with van der Waals surface area (Å²) in [4.78, 5) is 15.1. The minimum Gasteiger partial charge on any atom is -0.349 e. The Morgan fingerprint density at radius 1 is 1.00 bits per heavy atom. The van der Waals surface area contributed by atoms with E-state index in [1.54, 1.807) is 0 Å². The van der Waals surface area contributed by atoms with Crippen molar-refractivity contribution in [2.24, 2.45) is 0 Å². The average molecular weight is 394 g/mol. The Bertz CT molecular complexity index is 840. The van der Waals surface area contributed by atoms with E-state index in [4.69, 9.17) is 12.2 Å². The Balaban J connectivity index is 1.42. The molecule has 4 rings (SSSR count). The smallest absolute Gasteiger partial charge is 0.251 e. The fourth-order valence-corrected chi connectivity index (χ4v) is 5.05. The SMILES string of the molecule is Cc1ccccc1C(=O)NC1CC2CCCC(C1)N2C(=S)Nc1ccccc1. The van der Waals surface area contributed by atoms with Crippen LogP contribution in [0, 0.1) is 6.92 Å². The van der Waals surface area contributed by atoms with Gasteiger partial charge >= 0.3 is 0 Å². The van der Waals surface area contributed by atoms with Crippen LogP contribution in [0.1, 0.15) is 48.0 Å². The number of hydrogen-bond donors (Lipinski definition) is 2. The molecule has 2 saturated heterocycles. The van der Waals surface area contributed by atoms with Gasteiger partial charge in [-0.1, -0.05) is 36.4 Å². The number of thiocarbonyl (C=S) groups is 1. The van der Waals surface area contributed by atoms with Crippen LogP contribution in [0.15, 0.2) is 54.6 Å². The van der Waals surface area contributed by atoms with Crippen LogP contribution in [0.2, 0.25) is 0 Å². The molecule has 5 heteroatoms. The number of aryl methyl sites for hydroxylation is 1. The lowest BCUT2D eigenvalue weighted by molar-refractivity contribution is 0.0755. The van der Waals surface area contributed by atoms with E-state index in [1.807, 2.05) is 61.5 Å². The predicted octanol–water partition coefficient (Wildman–Crippen LogP) is 4.51. The van der Waals surface area contributed by atoms with E-state index in [2.05, 4.69) is 15.5 Å². The molecule has 28 heavy (non-hydrogen) atoms. The van der Waals surface area contributed by atoms with Gasteiger partial charge in [-0.2, -0.15) is 0 Å². The minimum absolute atomic E-state index is 0.0413. The van der Waals surface area contributed by atoms with Gasteiger partial charge < -0.3 is 15.5 Å². The van der Waals surface area contributed by atoms with Gasteiger partial charge in [0.1, 0.15) is 0 Å². The lowest BCUT2D eigenvalue weighted by Crippen LogP contribution is -2.59. The number of nitrogens with one attached hydrogen (secondary N) is 2. The van der Waals surface area contributed by atoms with Crippen LogP contribution in [0.25, 0.3) is 0 Å². The van der Waals surface area contributed by atoms with Crippen molar-refractivity contribution in [2.75, 3.05) is 5.32 Å². The van der Waals surface area contributed by atoms with E-state index >= 15 is 0 Å². The quantitative estimate of drug-likeness (QED) is 0.753. The van der Waals surface area contributed by atoms with Crippen molar-refractivity contribution in [1.82, 2.24) is 10.2 Å². The van der Waals surface area contributed by atoms with Crippen molar-refractivity contribution in [3.63, 3.8) is 0 Å². The molecule has 146 valence electrons. The third-order valence-electron chi connectivity index (χ3n) is 5.96. The third kappa shape index (κ3) is 4.04. The largest absolute Gasteiger partial charge is 0.349 e. The number of rotatable bonds is 3. The summed E-state index contributed by atoms with van der Waals surface area (Å²) in [5, 5.41) is 7.49. The van der Waals surface area contributed by atoms with Crippen molar-refractivity contribution in [1.29, 1.82) is 0 Å². The molecular weight excluding hydrogens is 366 g/mol. The summed E-state index contributed by atoms with van der Waals surface area (Å²) in [5.41, 5.74) is 2.82. The molecule has 2 unspecified atom stereocenters. The van der Waals surface area contributed by atoms with E-state index < -0.39 is 0 Å². The lowest BCUT2D eigenvalue weighted by atomic mass is 9.82. The molecule has 2 aliphatic rings. The number of benzene rings is 2. The Kier molecular flexibility index (Phi) is 5.62. The Morgan fingerprint density at radius 2 is 1.64 bits per heavy atom. The first-order valence-corrected chi connectivity index (χ1v) is 10.5. The fourth-order valence-electron chi connectivity index (χ4n) is 4.63. The number of piperidine rings is 2. The standard InChI is InChI=1S/C23H27N3OS/c1-16-8-5-6-13-21(16)22(27)24-18-14-19-11-7-12-20(15-18)26(19)23(28)25-17-9-3-2-4-10-17/h2-6,8-10,13,18-20H,7,11-12,14-15H2,1H3,(H,24,27)(H,25,28). The van der Waals surface area contributed by atoms with Crippen molar-refractivity contribution in [3.05, 3.63) is 65.7 Å². The highest BCUT2D eigenvalue weighted by Crippen LogP contribution is 2.35.